The molecule has 0 saturated heterocycles. The molecule has 0 aliphatic heterocycles. The van der Waals surface area contributed by atoms with E-state index in [0.29, 0.717) is 17.5 Å². The Morgan fingerprint density at radius 1 is 0.350 bits per heavy atom. The van der Waals surface area contributed by atoms with E-state index in [9.17, 15) is 0 Å². The Morgan fingerprint density at radius 3 is 1.30 bits per heavy atom. The van der Waals surface area contributed by atoms with Gasteiger partial charge in [-0.1, -0.05) is 66.7 Å². The maximum Gasteiger partial charge on any atom is 0.165 e. The molecule has 3 nitrogen and oxygen atoms in total. The molecule has 0 bridgehead atoms. The van der Waals surface area contributed by atoms with Crippen LogP contribution in [0.1, 0.15) is 0 Å². The normalized spacial score (nSPS) is 11.0. The standard InChI is InChI=1S/C33H23N3S4/c37-23-12-15-26(29(39)18-23)32-34-31(35-33(36-32)27-16-13-24(38)19-30(27)40)25-14-11-22(20-7-3-1-4-8-20)17-28(25)21-9-5-2-6-10-21/h1-19,37-40H. The summed E-state index contributed by atoms with van der Waals surface area (Å²) in [5.41, 5.74) is 6.83. The van der Waals surface area contributed by atoms with Crippen LogP contribution in [0.25, 0.3) is 56.4 Å². The van der Waals surface area contributed by atoms with E-state index in [4.69, 9.17) is 40.2 Å². The molecule has 7 heteroatoms. The molecule has 40 heavy (non-hydrogen) atoms. The van der Waals surface area contributed by atoms with Gasteiger partial charge >= 0.3 is 0 Å². The average Bonchev–Trinajstić information content (AvgIpc) is 2.97. The van der Waals surface area contributed by atoms with Crippen LogP contribution in [0.5, 0.6) is 0 Å². The summed E-state index contributed by atoms with van der Waals surface area (Å²) in [5, 5.41) is 0. The Labute approximate surface area is 255 Å². The SMILES string of the molecule is Sc1ccc(-c2nc(-c3ccc(S)cc3S)nc(-c3ccc(-c4ccccc4)cc3-c3ccccc3)n2)c(S)c1. The monoisotopic (exact) mass is 589 g/mol. The van der Waals surface area contributed by atoms with Crippen LogP contribution in [0, 0.1) is 0 Å². The summed E-state index contributed by atoms with van der Waals surface area (Å²) in [4.78, 5) is 17.9. The summed E-state index contributed by atoms with van der Waals surface area (Å²) in [6.45, 7) is 0. The smallest absolute Gasteiger partial charge is 0.165 e. The first kappa shape index (κ1) is 26.7. The second-order valence-corrected chi connectivity index (χ2v) is 11.2. The molecular formula is C33H23N3S4. The third kappa shape index (κ3) is 5.56. The zero-order valence-corrected chi connectivity index (χ0v) is 24.7. The van der Waals surface area contributed by atoms with E-state index >= 15 is 0 Å². The van der Waals surface area contributed by atoms with Crippen molar-refractivity contribution in [2.45, 2.75) is 19.6 Å². The molecule has 0 fully saturated rings. The van der Waals surface area contributed by atoms with Crippen molar-refractivity contribution in [3.63, 3.8) is 0 Å². The molecule has 0 atom stereocenters. The summed E-state index contributed by atoms with van der Waals surface area (Å²) >= 11 is 18.4. The van der Waals surface area contributed by atoms with E-state index in [1.165, 1.54) is 0 Å². The Morgan fingerprint density at radius 2 is 0.800 bits per heavy atom. The van der Waals surface area contributed by atoms with Crippen LogP contribution < -0.4 is 0 Å². The second-order valence-electron chi connectivity index (χ2n) is 9.20. The van der Waals surface area contributed by atoms with Gasteiger partial charge in [-0.05, 0) is 70.8 Å². The number of aromatic nitrogens is 3. The molecule has 194 valence electrons. The van der Waals surface area contributed by atoms with Crippen molar-refractivity contribution in [2.75, 3.05) is 0 Å². The van der Waals surface area contributed by atoms with Crippen molar-refractivity contribution in [3.05, 3.63) is 115 Å². The number of benzene rings is 5. The first-order valence-corrected chi connectivity index (χ1v) is 14.3. The molecule has 0 unspecified atom stereocenters. The summed E-state index contributed by atoms with van der Waals surface area (Å²) in [6, 6.07) is 38.5. The van der Waals surface area contributed by atoms with Gasteiger partial charge in [-0.2, -0.15) is 0 Å². The molecular weight excluding hydrogens is 567 g/mol. The first-order chi connectivity index (χ1) is 19.5. The van der Waals surface area contributed by atoms with Crippen molar-refractivity contribution < 1.29 is 0 Å². The molecule has 1 heterocycles. The molecule has 0 spiro atoms. The average molecular weight is 590 g/mol. The van der Waals surface area contributed by atoms with E-state index in [1.54, 1.807) is 0 Å². The largest absolute Gasteiger partial charge is 0.208 e. The molecule has 6 rings (SSSR count). The Hall–Kier alpha value is -3.49. The van der Waals surface area contributed by atoms with Crippen LogP contribution in [0.3, 0.4) is 0 Å². The van der Waals surface area contributed by atoms with Gasteiger partial charge in [-0.3, -0.25) is 0 Å². The van der Waals surface area contributed by atoms with Gasteiger partial charge in [-0.15, -0.1) is 50.5 Å². The summed E-state index contributed by atoms with van der Waals surface area (Å²) in [6.07, 6.45) is 0. The Bertz CT molecular complexity index is 1770. The zero-order valence-electron chi connectivity index (χ0n) is 21.1. The quantitative estimate of drug-likeness (QED) is 0.151. The van der Waals surface area contributed by atoms with Crippen LogP contribution in [-0.4, -0.2) is 15.0 Å². The van der Waals surface area contributed by atoms with E-state index in [0.717, 1.165) is 58.5 Å². The predicted molar refractivity (Wildman–Crippen MR) is 176 cm³/mol. The molecule has 0 saturated carbocycles. The van der Waals surface area contributed by atoms with Gasteiger partial charge in [0, 0.05) is 36.3 Å². The zero-order chi connectivity index (χ0) is 27.6. The highest BCUT2D eigenvalue weighted by molar-refractivity contribution is 7.81. The highest BCUT2D eigenvalue weighted by Crippen LogP contribution is 2.37. The minimum atomic E-state index is 0.521. The fourth-order valence-electron chi connectivity index (χ4n) is 4.56. The van der Waals surface area contributed by atoms with Gasteiger partial charge < -0.3 is 0 Å². The fourth-order valence-corrected chi connectivity index (χ4v) is 5.80. The number of rotatable bonds is 5. The van der Waals surface area contributed by atoms with E-state index in [2.05, 4.69) is 67.7 Å². The highest BCUT2D eigenvalue weighted by atomic mass is 32.1. The van der Waals surface area contributed by atoms with Crippen molar-refractivity contribution in [2.24, 2.45) is 0 Å². The van der Waals surface area contributed by atoms with E-state index in [-0.39, 0.29) is 0 Å². The summed E-state index contributed by atoms with van der Waals surface area (Å²) in [7, 11) is 0. The van der Waals surface area contributed by atoms with Gasteiger partial charge in [0.2, 0.25) is 0 Å². The van der Waals surface area contributed by atoms with Crippen LogP contribution in [0.4, 0.5) is 0 Å². The molecule has 0 aliphatic rings. The van der Waals surface area contributed by atoms with Crippen LogP contribution in [0.2, 0.25) is 0 Å². The lowest BCUT2D eigenvalue weighted by Gasteiger charge is -2.15. The number of hydrogen-bond donors (Lipinski definition) is 4. The second kappa shape index (κ2) is 11.6. The Balaban J connectivity index is 1.61. The van der Waals surface area contributed by atoms with Crippen molar-refractivity contribution in [1.29, 1.82) is 0 Å². The van der Waals surface area contributed by atoms with E-state index in [1.807, 2.05) is 72.8 Å². The number of nitrogens with zero attached hydrogens (tertiary/aromatic N) is 3. The summed E-state index contributed by atoms with van der Waals surface area (Å²) < 4.78 is 0. The molecule has 5 aromatic carbocycles. The molecule has 0 aliphatic carbocycles. The van der Waals surface area contributed by atoms with Gasteiger partial charge in [0.15, 0.2) is 17.5 Å². The Kier molecular flexibility index (Phi) is 7.71. The van der Waals surface area contributed by atoms with Crippen molar-refractivity contribution in [3.8, 4) is 56.4 Å². The lowest BCUT2D eigenvalue weighted by molar-refractivity contribution is 1.06. The van der Waals surface area contributed by atoms with Gasteiger partial charge in [0.25, 0.3) is 0 Å². The fraction of sp³-hybridized carbons (Fsp3) is 0. The van der Waals surface area contributed by atoms with Gasteiger partial charge in [0.05, 0.1) is 0 Å². The minimum Gasteiger partial charge on any atom is -0.208 e. The van der Waals surface area contributed by atoms with Gasteiger partial charge in [-0.25, -0.2) is 15.0 Å². The molecule has 1 aromatic heterocycles. The maximum absolute atomic E-state index is 4.99. The lowest BCUT2D eigenvalue weighted by atomic mass is 9.94. The maximum atomic E-state index is 4.99. The third-order valence-corrected chi connectivity index (χ3v) is 7.83. The van der Waals surface area contributed by atoms with Crippen molar-refractivity contribution in [1.82, 2.24) is 15.0 Å². The molecule has 0 radical (unpaired) electrons. The van der Waals surface area contributed by atoms with Crippen LogP contribution in [0.15, 0.2) is 135 Å². The van der Waals surface area contributed by atoms with Crippen molar-refractivity contribution >= 4 is 50.5 Å². The molecule has 6 aromatic rings. The summed E-state index contributed by atoms with van der Waals surface area (Å²) in [5.74, 6) is 1.60. The molecule has 0 N–H and O–H groups in total. The van der Waals surface area contributed by atoms with Crippen LogP contribution >= 0.6 is 50.5 Å². The lowest BCUT2D eigenvalue weighted by Crippen LogP contribution is -2.02. The van der Waals surface area contributed by atoms with E-state index < -0.39 is 0 Å². The topological polar surface area (TPSA) is 38.7 Å². The van der Waals surface area contributed by atoms with Gasteiger partial charge in [0.1, 0.15) is 0 Å². The first-order valence-electron chi connectivity index (χ1n) is 12.5. The number of thiol groups is 4. The van der Waals surface area contributed by atoms with Crippen LogP contribution in [-0.2, 0) is 0 Å². The molecule has 0 amide bonds. The highest BCUT2D eigenvalue weighted by Gasteiger charge is 2.18. The minimum absolute atomic E-state index is 0.521. The third-order valence-electron chi connectivity index (χ3n) is 6.53. The number of hydrogen-bond acceptors (Lipinski definition) is 7. The predicted octanol–water partition coefficient (Wildman–Crippen LogP) is 9.36.